The maximum atomic E-state index is 13.0. The molecule has 0 heterocycles. The van der Waals surface area contributed by atoms with E-state index in [0.717, 1.165) is 5.56 Å². The molecule has 0 aliphatic heterocycles. The second kappa shape index (κ2) is 7.61. The second-order valence-corrected chi connectivity index (χ2v) is 5.68. The smallest absolute Gasteiger partial charge is 0.173 e. The van der Waals surface area contributed by atoms with Crippen molar-refractivity contribution in [1.82, 2.24) is 0 Å². The zero-order chi connectivity index (χ0) is 16.1. The average molecular weight is 341 g/mol. The lowest BCUT2D eigenvalue weighted by molar-refractivity contribution is -0.125. The molecule has 0 aliphatic carbocycles. The van der Waals surface area contributed by atoms with Crippen LogP contribution in [0.1, 0.15) is 18.9 Å². The highest BCUT2D eigenvalue weighted by molar-refractivity contribution is 6.35. The molecular weight excluding hydrogens is 326 g/mol. The Kier molecular flexibility index (Phi) is 5.81. The third-order valence-electron chi connectivity index (χ3n) is 3.21. The van der Waals surface area contributed by atoms with Gasteiger partial charge in [-0.05, 0) is 35.9 Å². The van der Waals surface area contributed by atoms with Crippen molar-refractivity contribution < 1.29 is 13.9 Å². The minimum Gasteiger partial charge on any atom is -0.481 e. The van der Waals surface area contributed by atoms with E-state index in [1.807, 2.05) is 0 Å². The van der Waals surface area contributed by atoms with Crippen molar-refractivity contribution >= 4 is 29.0 Å². The molecule has 22 heavy (non-hydrogen) atoms. The van der Waals surface area contributed by atoms with E-state index in [2.05, 4.69) is 0 Å². The maximum absolute atomic E-state index is 13.0. The van der Waals surface area contributed by atoms with Crippen LogP contribution in [-0.2, 0) is 11.2 Å². The Morgan fingerprint density at radius 1 is 1.18 bits per heavy atom. The summed E-state index contributed by atoms with van der Waals surface area (Å²) in [5.41, 5.74) is 0.818. The molecule has 2 nitrogen and oxygen atoms in total. The summed E-state index contributed by atoms with van der Waals surface area (Å²) in [4.78, 5) is 12.1. The number of halogens is 3. The van der Waals surface area contributed by atoms with Crippen molar-refractivity contribution in [2.45, 2.75) is 25.9 Å². The molecule has 0 amide bonds. The number of benzene rings is 2. The summed E-state index contributed by atoms with van der Waals surface area (Å²) in [5.74, 6) is 0.0408. The lowest BCUT2D eigenvalue weighted by Gasteiger charge is -2.18. The van der Waals surface area contributed by atoms with Gasteiger partial charge >= 0.3 is 0 Å². The van der Waals surface area contributed by atoms with E-state index in [4.69, 9.17) is 27.9 Å². The van der Waals surface area contributed by atoms with Crippen LogP contribution in [0, 0.1) is 5.82 Å². The molecule has 0 N–H and O–H groups in total. The molecule has 116 valence electrons. The zero-order valence-corrected chi connectivity index (χ0v) is 13.5. The summed E-state index contributed by atoms with van der Waals surface area (Å²) in [6.45, 7) is 1.77. The topological polar surface area (TPSA) is 26.3 Å². The van der Waals surface area contributed by atoms with Gasteiger partial charge < -0.3 is 4.74 Å². The molecule has 0 radical (unpaired) electrons. The highest BCUT2D eigenvalue weighted by Gasteiger charge is 2.20. The standard InChI is InChI=1S/C17H15Cl2FO2/c1-2-15(21)17(9-11-3-6-13(20)7-4-11)22-16-8-5-12(18)10-14(16)19/h3-8,10,17H,2,9H2,1H3. The molecule has 2 aromatic rings. The normalized spacial score (nSPS) is 12.0. The van der Waals surface area contributed by atoms with E-state index in [9.17, 15) is 9.18 Å². The van der Waals surface area contributed by atoms with Crippen LogP contribution < -0.4 is 4.74 Å². The predicted molar refractivity (Wildman–Crippen MR) is 86.3 cm³/mol. The molecule has 0 aliphatic rings. The summed E-state index contributed by atoms with van der Waals surface area (Å²) in [6.07, 6.45) is 0.0253. The largest absolute Gasteiger partial charge is 0.481 e. The fourth-order valence-electron chi connectivity index (χ4n) is 2.01. The number of Topliss-reactive ketones (excluding diaryl/α,β-unsaturated/α-hetero) is 1. The Morgan fingerprint density at radius 3 is 2.45 bits per heavy atom. The van der Waals surface area contributed by atoms with E-state index >= 15 is 0 Å². The lowest BCUT2D eigenvalue weighted by atomic mass is 10.0. The summed E-state index contributed by atoms with van der Waals surface area (Å²) in [5, 5.41) is 0.842. The third kappa shape index (κ3) is 4.46. The molecule has 0 bridgehead atoms. The molecule has 2 rings (SSSR count). The lowest BCUT2D eigenvalue weighted by Crippen LogP contribution is -2.29. The Balaban J connectivity index is 2.19. The van der Waals surface area contributed by atoms with Crippen LogP contribution in [0.3, 0.4) is 0 Å². The van der Waals surface area contributed by atoms with Gasteiger partial charge in [0.2, 0.25) is 0 Å². The first-order valence-corrected chi connectivity index (χ1v) is 7.64. The van der Waals surface area contributed by atoms with Gasteiger partial charge in [0.25, 0.3) is 0 Å². The molecule has 1 unspecified atom stereocenters. The summed E-state index contributed by atoms with van der Waals surface area (Å²) < 4.78 is 18.7. The first-order chi connectivity index (χ1) is 10.5. The maximum Gasteiger partial charge on any atom is 0.173 e. The molecular formula is C17H15Cl2FO2. The molecule has 2 aromatic carbocycles. The van der Waals surface area contributed by atoms with Crippen LogP contribution in [0.2, 0.25) is 10.0 Å². The SMILES string of the molecule is CCC(=O)C(Cc1ccc(F)cc1)Oc1ccc(Cl)cc1Cl. The Labute approximate surface area is 138 Å². The summed E-state index contributed by atoms with van der Waals surface area (Å²) >= 11 is 11.9. The molecule has 0 aromatic heterocycles. The highest BCUT2D eigenvalue weighted by Crippen LogP contribution is 2.29. The number of rotatable bonds is 6. The number of ketones is 1. The number of hydrogen-bond acceptors (Lipinski definition) is 2. The molecule has 0 saturated heterocycles. The van der Waals surface area contributed by atoms with Gasteiger partial charge in [0.05, 0.1) is 5.02 Å². The fourth-order valence-corrected chi connectivity index (χ4v) is 2.46. The van der Waals surface area contributed by atoms with Gasteiger partial charge in [-0.15, -0.1) is 0 Å². The second-order valence-electron chi connectivity index (χ2n) is 4.83. The number of ether oxygens (including phenoxy) is 1. The monoisotopic (exact) mass is 340 g/mol. The van der Waals surface area contributed by atoms with E-state index < -0.39 is 6.10 Å². The Bertz CT molecular complexity index is 656. The van der Waals surface area contributed by atoms with E-state index in [1.165, 1.54) is 12.1 Å². The number of carbonyl (C=O) groups is 1. The van der Waals surface area contributed by atoms with Crippen LogP contribution in [0.5, 0.6) is 5.75 Å². The minimum atomic E-state index is -0.672. The molecule has 0 spiro atoms. The van der Waals surface area contributed by atoms with Crippen LogP contribution in [0.4, 0.5) is 4.39 Å². The van der Waals surface area contributed by atoms with E-state index in [-0.39, 0.29) is 11.6 Å². The van der Waals surface area contributed by atoms with Crippen LogP contribution in [-0.4, -0.2) is 11.9 Å². The Hall–Kier alpha value is -1.58. The number of hydrogen-bond donors (Lipinski definition) is 0. The number of carbonyl (C=O) groups excluding carboxylic acids is 1. The molecule has 0 saturated carbocycles. The van der Waals surface area contributed by atoms with Gasteiger partial charge in [-0.25, -0.2) is 4.39 Å². The van der Waals surface area contributed by atoms with Gasteiger partial charge in [0, 0.05) is 17.9 Å². The highest BCUT2D eigenvalue weighted by atomic mass is 35.5. The fraction of sp³-hybridized carbons (Fsp3) is 0.235. The predicted octanol–water partition coefficient (Wildman–Crippen LogP) is 5.10. The van der Waals surface area contributed by atoms with Crippen molar-refractivity contribution in [1.29, 1.82) is 0 Å². The van der Waals surface area contributed by atoms with Crippen molar-refractivity contribution in [2.24, 2.45) is 0 Å². The van der Waals surface area contributed by atoms with Crippen molar-refractivity contribution in [3.8, 4) is 5.75 Å². The van der Waals surface area contributed by atoms with Crippen molar-refractivity contribution in [3.63, 3.8) is 0 Å². The minimum absolute atomic E-state index is 0.0460. The van der Waals surface area contributed by atoms with Gasteiger partial charge in [0.15, 0.2) is 11.9 Å². The van der Waals surface area contributed by atoms with Crippen LogP contribution in [0.15, 0.2) is 42.5 Å². The zero-order valence-electron chi connectivity index (χ0n) is 12.0. The summed E-state index contributed by atoms with van der Waals surface area (Å²) in [7, 11) is 0. The van der Waals surface area contributed by atoms with Gasteiger partial charge in [0.1, 0.15) is 11.6 Å². The van der Waals surface area contributed by atoms with Crippen molar-refractivity contribution in [2.75, 3.05) is 0 Å². The Morgan fingerprint density at radius 2 is 1.86 bits per heavy atom. The molecule has 1 atom stereocenters. The quantitative estimate of drug-likeness (QED) is 0.731. The van der Waals surface area contributed by atoms with E-state index in [0.29, 0.717) is 28.6 Å². The van der Waals surface area contributed by atoms with Gasteiger partial charge in [-0.2, -0.15) is 0 Å². The molecule has 0 fully saturated rings. The van der Waals surface area contributed by atoms with Gasteiger partial charge in [-0.3, -0.25) is 4.79 Å². The summed E-state index contributed by atoms with van der Waals surface area (Å²) in [6, 6.07) is 10.8. The molecule has 5 heteroatoms. The van der Waals surface area contributed by atoms with E-state index in [1.54, 1.807) is 37.3 Å². The third-order valence-corrected chi connectivity index (χ3v) is 3.74. The van der Waals surface area contributed by atoms with Crippen LogP contribution in [0.25, 0.3) is 0 Å². The first kappa shape index (κ1) is 16.8. The van der Waals surface area contributed by atoms with Crippen LogP contribution >= 0.6 is 23.2 Å². The van der Waals surface area contributed by atoms with Crippen molar-refractivity contribution in [3.05, 3.63) is 63.9 Å². The van der Waals surface area contributed by atoms with Gasteiger partial charge in [-0.1, -0.05) is 42.3 Å². The first-order valence-electron chi connectivity index (χ1n) is 6.88. The average Bonchev–Trinajstić information content (AvgIpc) is 2.50.